The summed E-state index contributed by atoms with van der Waals surface area (Å²) in [6.45, 7) is 9.47. The van der Waals surface area contributed by atoms with Gasteiger partial charge < -0.3 is 22.8 Å². The van der Waals surface area contributed by atoms with Gasteiger partial charge in [-0.05, 0) is 25.2 Å². The van der Waals surface area contributed by atoms with Gasteiger partial charge in [0.15, 0.2) is 0 Å². The predicted molar refractivity (Wildman–Crippen MR) is 66.3 cm³/mol. The minimum atomic E-state index is -0.704. The maximum atomic E-state index is 10.3. The molecule has 0 atom stereocenters. The van der Waals surface area contributed by atoms with E-state index in [-0.39, 0.29) is 18.8 Å². The zero-order valence-electron chi connectivity index (χ0n) is 10.4. The molecule has 0 fully saturated rings. The Bertz CT molecular complexity index is 209. The Morgan fingerprint density at radius 1 is 1.24 bits per heavy atom. The number of rotatable bonds is 11. The van der Waals surface area contributed by atoms with Crippen molar-refractivity contribution in [1.82, 2.24) is 0 Å². The number of carbonyl (C=O) groups is 1. The molecule has 0 aliphatic carbocycles. The van der Waals surface area contributed by atoms with Gasteiger partial charge in [0.05, 0.1) is 19.5 Å². The van der Waals surface area contributed by atoms with E-state index < -0.39 is 5.97 Å². The van der Waals surface area contributed by atoms with Gasteiger partial charge in [0.1, 0.15) is 0 Å². The first-order chi connectivity index (χ1) is 7.70. The fraction of sp³-hybridized carbons (Fsp3) is 0.615. The molecule has 0 unspecified atom stereocenters. The predicted octanol–water partition coefficient (Wildman–Crippen LogP) is -1.42. The van der Waals surface area contributed by atoms with Gasteiger partial charge in [-0.25, -0.2) is 0 Å². The average molecular weight is 262 g/mol. The third kappa shape index (κ3) is 13.1. The molecule has 0 spiro atoms. The molecular formula is C13H24ClNO2. The van der Waals surface area contributed by atoms with Crippen LogP contribution in [0.2, 0.25) is 0 Å². The summed E-state index contributed by atoms with van der Waals surface area (Å²) in [4.78, 5) is 10.3. The number of quaternary nitrogens is 1. The zero-order valence-corrected chi connectivity index (χ0v) is 11.2. The molecule has 0 heterocycles. The molecule has 0 rings (SSSR count). The van der Waals surface area contributed by atoms with Gasteiger partial charge in [-0.1, -0.05) is 12.2 Å². The standard InChI is InChI=1S/C13H23NO2.ClH/c1-3-6-12(7-4-2)9-11-14-10-5-8-13(15)16;/h3-4,12,14H,1-2,5-11H2,(H,15,16);1H. The van der Waals surface area contributed by atoms with Crippen molar-refractivity contribution in [1.29, 1.82) is 0 Å². The first-order valence-corrected chi connectivity index (χ1v) is 5.96. The minimum absolute atomic E-state index is 0. The first-order valence-electron chi connectivity index (χ1n) is 5.96. The Labute approximate surface area is 110 Å². The molecule has 3 nitrogen and oxygen atoms in total. The van der Waals surface area contributed by atoms with Gasteiger partial charge >= 0.3 is 5.97 Å². The van der Waals surface area contributed by atoms with Crippen LogP contribution in [0.5, 0.6) is 0 Å². The van der Waals surface area contributed by atoms with Crippen molar-refractivity contribution in [3.8, 4) is 0 Å². The second kappa shape index (κ2) is 13.3. The lowest BCUT2D eigenvalue weighted by Crippen LogP contribution is -3.00. The van der Waals surface area contributed by atoms with Crippen molar-refractivity contribution in [3.05, 3.63) is 25.3 Å². The van der Waals surface area contributed by atoms with Crippen LogP contribution in [0.15, 0.2) is 25.3 Å². The maximum Gasteiger partial charge on any atom is 0.303 e. The second-order valence-electron chi connectivity index (χ2n) is 4.07. The van der Waals surface area contributed by atoms with Crippen LogP contribution in [0.25, 0.3) is 0 Å². The zero-order chi connectivity index (χ0) is 12.2. The molecule has 100 valence electrons. The normalized spacial score (nSPS) is 9.71. The highest BCUT2D eigenvalue weighted by molar-refractivity contribution is 5.66. The van der Waals surface area contributed by atoms with Gasteiger partial charge in [0.2, 0.25) is 0 Å². The van der Waals surface area contributed by atoms with E-state index in [1.165, 1.54) is 0 Å². The summed E-state index contributed by atoms with van der Waals surface area (Å²) in [6, 6.07) is 0. The molecule has 0 radical (unpaired) electrons. The first kappa shape index (κ1) is 18.6. The van der Waals surface area contributed by atoms with Gasteiger partial charge in [-0.3, -0.25) is 4.79 Å². The van der Waals surface area contributed by atoms with Crippen molar-refractivity contribution >= 4 is 5.97 Å². The van der Waals surface area contributed by atoms with Crippen LogP contribution in [-0.4, -0.2) is 24.2 Å². The van der Waals surface area contributed by atoms with E-state index in [2.05, 4.69) is 18.5 Å². The summed E-state index contributed by atoms with van der Waals surface area (Å²) in [6.07, 6.45) is 8.16. The van der Waals surface area contributed by atoms with Crippen LogP contribution < -0.4 is 17.7 Å². The molecule has 0 amide bonds. The molecule has 0 bridgehead atoms. The van der Waals surface area contributed by atoms with E-state index in [4.69, 9.17) is 5.11 Å². The van der Waals surface area contributed by atoms with Crippen molar-refractivity contribution in [2.75, 3.05) is 13.1 Å². The highest BCUT2D eigenvalue weighted by Crippen LogP contribution is 2.12. The van der Waals surface area contributed by atoms with E-state index >= 15 is 0 Å². The summed E-state index contributed by atoms with van der Waals surface area (Å²) in [7, 11) is 0. The van der Waals surface area contributed by atoms with Crippen LogP contribution in [0, 0.1) is 5.92 Å². The summed E-state index contributed by atoms with van der Waals surface area (Å²) in [5.41, 5.74) is 0. The van der Waals surface area contributed by atoms with Crippen molar-refractivity contribution in [3.63, 3.8) is 0 Å². The molecule has 3 N–H and O–H groups in total. The van der Waals surface area contributed by atoms with Gasteiger partial charge in [-0.15, -0.1) is 13.2 Å². The number of hydrogen-bond donors (Lipinski definition) is 2. The third-order valence-electron chi connectivity index (χ3n) is 2.58. The van der Waals surface area contributed by atoms with Crippen LogP contribution in [0.3, 0.4) is 0 Å². The molecule has 0 aromatic rings. The van der Waals surface area contributed by atoms with Crippen LogP contribution in [-0.2, 0) is 4.79 Å². The number of allylic oxidation sites excluding steroid dienone is 2. The van der Waals surface area contributed by atoms with Crippen LogP contribution in [0.1, 0.15) is 32.1 Å². The summed E-state index contributed by atoms with van der Waals surface area (Å²) in [5, 5.41) is 10.7. The quantitative estimate of drug-likeness (QED) is 0.354. The van der Waals surface area contributed by atoms with Gasteiger partial charge in [0, 0.05) is 6.42 Å². The molecule has 17 heavy (non-hydrogen) atoms. The Morgan fingerprint density at radius 2 is 1.82 bits per heavy atom. The Morgan fingerprint density at radius 3 is 2.29 bits per heavy atom. The number of carboxylic acids is 1. The smallest absolute Gasteiger partial charge is 0.303 e. The highest BCUT2D eigenvalue weighted by atomic mass is 35.5. The number of nitrogens with two attached hydrogens (primary N) is 1. The highest BCUT2D eigenvalue weighted by Gasteiger charge is 2.05. The lowest BCUT2D eigenvalue weighted by molar-refractivity contribution is -0.656. The SMILES string of the molecule is C=CCC(CC=C)CC[NH2+]CCCC(=O)O.[Cl-]. The van der Waals surface area contributed by atoms with E-state index in [1.54, 1.807) is 0 Å². The van der Waals surface area contributed by atoms with Crippen molar-refractivity contribution < 1.29 is 27.6 Å². The molecule has 0 saturated heterocycles. The number of hydrogen-bond acceptors (Lipinski definition) is 1. The van der Waals surface area contributed by atoms with Crippen LogP contribution in [0.4, 0.5) is 0 Å². The topological polar surface area (TPSA) is 53.9 Å². The fourth-order valence-corrected chi connectivity index (χ4v) is 1.70. The van der Waals surface area contributed by atoms with Gasteiger partial charge in [-0.2, -0.15) is 0 Å². The molecule has 0 aromatic carbocycles. The Balaban J connectivity index is 0. The third-order valence-corrected chi connectivity index (χ3v) is 2.58. The lowest BCUT2D eigenvalue weighted by atomic mass is 9.97. The Kier molecular flexibility index (Phi) is 14.5. The van der Waals surface area contributed by atoms with Crippen LogP contribution >= 0.6 is 0 Å². The van der Waals surface area contributed by atoms with Crippen molar-refractivity contribution in [2.45, 2.75) is 32.1 Å². The Hall–Kier alpha value is -0.800. The summed E-state index contributed by atoms with van der Waals surface area (Å²) in [5.74, 6) is -0.0599. The maximum absolute atomic E-state index is 10.3. The molecule has 0 saturated carbocycles. The summed E-state index contributed by atoms with van der Waals surface area (Å²) < 4.78 is 0. The molecule has 4 heteroatoms. The van der Waals surface area contributed by atoms with E-state index in [9.17, 15) is 4.79 Å². The van der Waals surface area contributed by atoms with Crippen molar-refractivity contribution in [2.24, 2.45) is 5.92 Å². The molecule has 0 aliphatic heterocycles. The monoisotopic (exact) mass is 261 g/mol. The number of carboxylic acid groups (broad SMARTS) is 1. The minimum Gasteiger partial charge on any atom is -1.00 e. The number of halogens is 1. The molecule has 0 aromatic heterocycles. The second-order valence-corrected chi connectivity index (χ2v) is 4.07. The van der Waals surface area contributed by atoms with E-state index in [1.807, 2.05) is 12.2 Å². The lowest BCUT2D eigenvalue weighted by Gasteiger charge is -2.11. The molecule has 0 aliphatic rings. The molecular weight excluding hydrogens is 238 g/mol. The average Bonchev–Trinajstić information content (AvgIpc) is 2.23. The van der Waals surface area contributed by atoms with Gasteiger partial charge in [0.25, 0.3) is 0 Å². The number of aliphatic carboxylic acids is 1. The largest absolute Gasteiger partial charge is 1.00 e. The van der Waals surface area contributed by atoms with E-state index in [0.29, 0.717) is 5.92 Å². The van der Waals surface area contributed by atoms with E-state index in [0.717, 1.165) is 38.8 Å². The summed E-state index contributed by atoms with van der Waals surface area (Å²) >= 11 is 0. The fourth-order valence-electron chi connectivity index (χ4n) is 1.70.